The van der Waals surface area contributed by atoms with E-state index in [1.165, 1.54) is 23.3 Å². The average Bonchev–Trinajstić information content (AvgIpc) is 2.93. The molecular formula is C17H23Cl2N3OS. The molecule has 24 heavy (non-hydrogen) atoms. The minimum atomic E-state index is 0. The van der Waals surface area contributed by atoms with E-state index in [9.17, 15) is 0 Å². The molecule has 1 aliphatic rings. The van der Waals surface area contributed by atoms with Crippen molar-refractivity contribution in [1.29, 1.82) is 0 Å². The lowest BCUT2D eigenvalue weighted by Crippen LogP contribution is -2.35. The maximum absolute atomic E-state index is 6.15. The minimum Gasteiger partial charge on any atom is -0.496 e. The normalized spacial score (nSPS) is 18.2. The molecule has 1 aliphatic heterocycles. The van der Waals surface area contributed by atoms with Crippen LogP contribution in [0.3, 0.4) is 0 Å². The number of nitrogens with zero attached hydrogens (tertiary/aromatic N) is 2. The van der Waals surface area contributed by atoms with Gasteiger partial charge in [0.15, 0.2) is 5.13 Å². The number of piperidine rings is 1. The molecule has 2 heterocycles. The molecule has 0 aliphatic carbocycles. The van der Waals surface area contributed by atoms with E-state index in [0.717, 1.165) is 36.8 Å². The van der Waals surface area contributed by atoms with Gasteiger partial charge in [0.25, 0.3) is 0 Å². The summed E-state index contributed by atoms with van der Waals surface area (Å²) in [7, 11) is 1.72. The van der Waals surface area contributed by atoms with E-state index in [-0.39, 0.29) is 12.4 Å². The van der Waals surface area contributed by atoms with Crippen LogP contribution in [-0.2, 0) is 13.0 Å². The highest BCUT2D eigenvalue weighted by Crippen LogP contribution is 2.29. The van der Waals surface area contributed by atoms with Crippen molar-refractivity contribution in [3.8, 4) is 5.75 Å². The predicted octanol–water partition coefficient (Wildman–Crippen LogP) is 4.26. The molecule has 1 fully saturated rings. The van der Waals surface area contributed by atoms with Crippen molar-refractivity contribution in [2.45, 2.75) is 25.8 Å². The number of likely N-dealkylation sites (tertiary alicyclic amines) is 1. The summed E-state index contributed by atoms with van der Waals surface area (Å²) < 4.78 is 5.47. The molecule has 2 N–H and O–H groups in total. The first kappa shape index (κ1) is 19.3. The molecule has 1 aromatic heterocycles. The van der Waals surface area contributed by atoms with Crippen molar-refractivity contribution >= 4 is 40.5 Å². The quantitative estimate of drug-likeness (QED) is 0.832. The fourth-order valence-corrected chi connectivity index (χ4v) is 4.22. The smallest absolute Gasteiger partial charge is 0.180 e. The van der Waals surface area contributed by atoms with Crippen LogP contribution in [-0.4, -0.2) is 30.1 Å². The summed E-state index contributed by atoms with van der Waals surface area (Å²) >= 11 is 7.73. The summed E-state index contributed by atoms with van der Waals surface area (Å²) in [5, 5.41) is 1.42. The van der Waals surface area contributed by atoms with E-state index < -0.39 is 0 Å². The zero-order valence-electron chi connectivity index (χ0n) is 13.7. The van der Waals surface area contributed by atoms with Crippen molar-refractivity contribution in [2.75, 3.05) is 25.9 Å². The van der Waals surface area contributed by atoms with Gasteiger partial charge in [0.05, 0.1) is 7.11 Å². The van der Waals surface area contributed by atoms with Crippen LogP contribution in [0.1, 0.15) is 23.3 Å². The number of aromatic nitrogens is 1. The number of hydrogen-bond donors (Lipinski definition) is 1. The standard InChI is InChI=1S/C17H22ClN3OS.ClH/c1-22-16-5-4-14(18)8-13(16)7-12-3-2-6-21(10-12)11-15-9-20-17(19)23-15;/h4-5,8-9,12H,2-3,6-7,10-11H2,1H3,(H2,19,20);1H. The second-order valence-electron chi connectivity index (χ2n) is 6.07. The third kappa shape index (κ3) is 4.99. The molecular weight excluding hydrogens is 365 g/mol. The van der Waals surface area contributed by atoms with Gasteiger partial charge < -0.3 is 10.5 Å². The van der Waals surface area contributed by atoms with Crippen LogP contribution in [0.25, 0.3) is 0 Å². The molecule has 132 valence electrons. The Morgan fingerprint density at radius 3 is 3.00 bits per heavy atom. The largest absolute Gasteiger partial charge is 0.496 e. The van der Waals surface area contributed by atoms with Crippen LogP contribution in [0.5, 0.6) is 5.75 Å². The van der Waals surface area contributed by atoms with Crippen LogP contribution < -0.4 is 10.5 Å². The molecule has 1 saturated heterocycles. The number of rotatable bonds is 5. The lowest BCUT2D eigenvalue weighted by atomic mass is 9.91. The van der Waals surface area contributed by atoms with Crippen LogP contribution in [0.15, 0.2) is 24.4 Å². The lowest BCUT2D eigenvalue weighted by molar-refractivity contribution is 0.167. The molecule has 0 amide bonds. The molecule has 2 aromatic rings. The number of anilines is 1. The summed E-state index contributed by atoms with van der Waals surface area (Å²) in [6.45, 7) is 3.17. The minimum absolute atomic E-state index is 0. The second kappa shape index (κ2) is 8.90. The predicted molar refractivity (Wildman–Crippen MR) is 103 cm³/mol. The van der Waals surface area contributed by atoms with Crippen LogP contribution >= 0.6 is 35.3 Å². The summed E-state index contributed by atoms with van der Waals surface area (Å²) in [5.41, 5.74) is 6.92. The summed E-state index contributed by atoms with van der Waals surface area (Å²) in [6.07, 6.45) is 5.37. The fourth-order valence-electron chi connectivity index (χ4n) is 3.30. The maximum Gasteiger partial charge on any atom is 0.180 e. The first-order valence-electron chi connectivity index (χ1n) is 7.89. The molecule has 0 bridgehead atoms. The zero-order chi connectivity index (χ0) is 16.2. The van der Waals surface area contributed by atoms with Gasteiger partial charge in [-0.1, -0.05) is 11.6 Å². The third-order valence-electron chi connectivity index (χ3n) is 4.31. The lowest BCUT2D eigenvalue weighted by Gasteiger charge is -2.32. The zero-order valence-corrected chi connectivity index (χ0v) is 16.1. The Kier molecular flexibility index (Phi) is 7.16. The number of nitrogen functional groups attached to an aromatic ring is 1. The third-order valence-corrected chi connectivity index (χ3v) is 5.35. The molecule has 3 rings (SSSR count). The van der Waals surface area contributed by atoms with Crippen molar-refractivity contribution in [1.82, 2.24) is 9.88 Å². The molecule has 1 atom stereocenters. The summed E-state index contributed by atoms with van der Waals surface area (Å²) in [5.74, 6) is 1.56. The Morgan fingerprint density at radius 2 is 2.29 bits per heavy atom. The van der Waals surface area contributed by atoms with E-state index in [0.29, 0.717) is 11.0 Å². The Labute approximate surface area is 158 Å². The van der Waals surface area contributed by atoms with Crippen molar-refractivity contribution in [3.05, 3.63) is 39.9 Å². The van der Waals surface area contributed by atoms with Gasteiger partial charge in [0.1, 0.15) is 5.75 Å². The second-order valence-corrected chi connectivity index (χ2v) is 7.65. The maximum atomic E-state index is 6.15. The number of hydrogen-bond acceptors (Lipinski definition) is 5. The monoisotopic (exact) mass is 387 g/mol. The number of methoxy groups -OCH3 is 1. The number of halogens is 2. The van der Waals surface area contributed by atoms with Crippen LogP contribution in [0.4, 0.5) is 5.13 Å². The number of thiazole rings is 1. The van der Waals surface area contributed by atoms with E-state index in [4.69, 9.17) is 22.1 Å². The number of nitrogens with two attached hydrogens (primary N) is 1. The summed E-state index contributed by atoms with van der Waals surface area (Å²) in [6, 6.07) is 5.87. The Bertz CT molecular complexity index is 665. The first-order chi connectivity index (χ1) is 11.1. The van der Waals surface area contributed by atoms with Gasteiger partial charge in [0.2, 0.25) is 0 Å². The molecule has 4 nitrogen and oxygen atoms in total. The molecule has 7 heteroatoms. The number of ether oxygens (including phenoxy) is 1. The van der Waals surface area contributed by atoms with Crippen molar-refractivity contribution in [3.63, 3.8) is 0 Å². The first-order valence-corrected chi connectivity index (χ1v) is 9.08. The summed E-state index contributed by atoms with van der Waals surface area (Å²) in [4.78, 5) is 7.88. The van der Waals surface area contributed by atoms with Crippen molar-refractivity contribution in [2.24, 2.45) is 5.92 Å². The molecule has 1 unspecified atom stereocenters. The van der Waals surface area contributed by atoms with Gasteiger partial charge in [-0.2, -0.15) is 0 Å². The topological polar surface area (TPSA) is 51.4 Å². The van der Waals surface area contributed by atoms with E-state index in [2.05, 4.69) is 9.88 Å². The van der Waals surface area contributed by atoms with Gasteiger partial charge in [-0.05, 0) is 55.5 Å². The van der Waals surface area contributed by atoms with Gasteiger partial charge in [-0.25, -0.2) is 4.98 Å². The van der Waals surface area contributed by atoms with Crippen LogP contribution in [0, 0.1) is 5.92 Å². The Morgan fingerprint density at radius 1 is 1.46 bits per heavy atom. The van der Waals surface area contributed by atoms with Gasteiger partial charge in [-0.15, -0.1) is 23.7 Å². The van der Waals surface area contributed by atoms with E-state index >= 15 is 0 Å². The number of benzene rings is 1. The molecule has 0 spiro atoms. The van der Waals surface area contributed by atoms with Crippen LogP contribution in [0.2, 0.25) is 5.02 Å². The average molecular weight is 388 g/mol. The van der Waals surface area contributed by atoms with E-state index in [1.807, 2.05) is 24.4 Å². The highest BCUT2D eigenvalue weighted by Gasteiger charge is 2.22. The molecule has 0 saturated carbocycles. The Hall–Kier alpha value is -1.01. The molecule has 0 radical (unpaired) electrons. The fraction of sp³-hybridized carbons (Fsp3) is 0.471. The highest BCUT2D eigenvalue weighted by atomic mass is 35.5. The van der Waals surface area contributed by atoms with Gasteiger partial charge in [-0.3, -0.25) is 4.90 Å². The van der Waals surface area contributed by atoms with Crippen molar-refractivity contribution < 1.29 is 4.74 Å². The Balaban J connectivity index is 0.00000208. The highest BCUT2D eigenvalue weighted by molar-refractivity contribution is 7.15. The molecule has 1 aromatic carbocycles. The van der Waals surface area contributed by atoms with Gasteiger partial charge in [0, 0.05) is 29.2 Å². The SMILES string of the molecule is COc1ccc(Cl)cc1CC1CCCN(Cc2cnc(N)s2)C1.Cl. The van der Waals surface area contributed by atoms with Gasteiger partial charge >= 0.3 is 0 Å². The van der Waals surface area contributed by atoms with E-state index in [1.54, 1.807) is 18.4 Å².